The molecule has 120 valence electrons. The van der Waals surface area contributed by atoms with Gasteiger partial charge in [-0.15, -0.1) is 0 Å². The molecule has 4 aliphatic rings. The molecule has 2 heterocycles. The smallest absolute Gasteiger partial charge is 0.308 e. The molecule has 5 rings (SSSR count). The number of likely N-dealkylation sites (tertiary alicyclic amines) is 1. The van der Waals surface area contributed by atoms with Crippen LogP contribution in [0.1, 0.15) is 37.3 Å². The molecule has 23 heavy (non-hydrogen) atoms. The van der Waals surface area contributed by atoms with Crippen LogP contribution < -0.4 is 9.47 Å². The first-order valence-corrected chi connectivity index (χ1v) is 8.54. The van der Waals surface area contributed by atoms with Crippen LogP contribution in [0.15, 0.2) is 18.2 Å². The summed E-state index contributed by atoms with van der Waals surface area (Å²) in [7, 11) is 2.24. The van der Waals surface area contributed by atoms with E-state index in [0.29, 0.717) is 17.7 Å². The lowest BCUT2D eigenvalue weighted by molar-refractivity contribution is -0.131. The van der Waals surface area contributed by atoms with E-state index >= 15 is 0 Å². The zero-order chi connectivity index (χ0) is 15.8. The zero-order valence-corrected chi connectivity index (χ0v) is 13.6. The average molecular weight is 311 g/mol. The molecule has 0 unspecified atom stereocenters. The van der Waals surface area contributed by atoms with Gasteiger partial charge in [0.25, 0.3) is 0 Å². The number of fused-ring (bicyclic) bond motifs is 3. The van der Waals surface area contributed by atoms with Crippen molar-refractivity contribution in [1.29, 1.82) is 0 Å². The van der Waals surface area contributed by atoms with E-state index in [2.05, 4.69) is 30.2 Å². The molecule has 2 aliphatic heterocycles. The Hall–Kier alpha value is -1.81. The maximum Gasteiger partial charge on any atom is 0.308 e. The van der Waals surface area contributed by atoms with Crippen LogP contribution >= 0.6 is 0 Å². The Morgan fingerprint density at radius 1 is 1.39 bits per heavy atom. The number of allylic oxidation sites excluding steroid dienone is 1. The Balaban J connectivity index is 1.70. The summed E-state index contributed by atoms with van der Waals surface area (Å²) < 4.78 is 11.1. The van der Waals surface area contributed by atoms with Crippen molar-refractivity contribution in [1.82, 2.24) is 4.90 Å². The molecule has 0 spiro atoms. The van der Waals surface area contributed by atoms with Crippen molar-refractivity contribution in [3.63, 3.8) is 0 Å². The molecule has 1 fully saturated rings. The van der Waals surface area contributed by atoms with Gasteiger partial charge in [-0.1, -0.05) is 12.2 Å². The van der Waals surface area contributed by atoms with Crippen LogP contribution in [0, 0.1) is 5.92 Å². The van der Waals surface area contributed by atoms with Gasteiger partial charge in [-0.25, -0.2) is 0 Å². The normalized spacial score (nSPS) is 33.1. The zero-order valence-electron chi connectivity index (χ0n) is 13.6. The molecule has 0 amide bonds. The first-order valence-electron chi connectivity index (χ1n) is 8.54. The number of rotatable bonds is 1. The van der Waals surface area contributed by atoms with Gasteiger partial charge in [-0.2, -0.15) is 0 Å². The number of carbonyl (C=O) groups is 1. The number of hydrogen-bond acceptors (Lipinski definition) is 4. The summed E-state index contributed by atoms with van der Waals surface area (Å²) in [5.41, 5.74) is 2.93. The molecule has 2 bridgehead atoms. The predicted octanol–water partition coefficient (Wildman–Crippen LogP) is 3.18. The first-order chi connectivity index (χ1) is 11.1. The minimum absolute atomic E-state index is 0.190. The maximum atomic E-state index is 11.4. The van der Waals surface area contributed by atoms with Gasteiger partial charge >= 0.3 is 5.97 Å². The monoisotopic (exact) mass is 311 g/mol. The summed E-state index contributed by atoms with van der Waals surface area (Å²) in [5, 5.41) is 0. The van der Waals surface area contributed by atoms with Gasteiger partial charge in [0.2, 0.25) is 5.75 Å². The quantitative estimate of drug-likeness (QED) is 0.351. The number of benzene rings is 1. The van der Waals surface area contributed by atoms with Crippen LogP contribution in [0.25, 0.3) is 0 Å². The topological polar surface area (TPSA) is 42.1 Å². The second-order valence-electron chi connectivity index (χ2n) is 7.41. The lowest BCUT2D eigenvalue weighted by atomic mass is 9.54. The molecular weight excluding hydrogens is 290 g/mol. The highest BCUT2D eigenvalue weighted by atomic mass is 16.6. The highest BCUT2D eigenvalue weighted by molar-refractivity contribution is 5.77. The van der Waals surface area contributed by atoms with Gasteiger partial charge in [0.15, 0.2) is 11.5 Å². The Bertz CT molecular complexity index is 753. The van der Waals surface area contributed by atoms with Crippen LogP contribution in [-0.2, 0) is 16.6 Å². The summed E-state index contributed by atoms with van der Waals surface area (Å²) in [6, 6.07) is 2.66. The summed E-state index contributed by atoms with van der Waals surface area (Å²) in [6.45, 7) is 2.58. The second-order valence-corrected chi connectivity index (χ2v) is 7.41. The standard InChI is InChI=1S/C19H21NO3/c1-11(21)22-16-10-14-12(17-18(16)23-17)9-15-13-5-3-4-6-19(13,14)7-8-20(15)2/h3,5,10,13,15H,4,6-9H2,1-2H3/t13-,15+,19+/m0/s1. The first kappa shape index (κ1) is 13.6. The van der Waals surface area contributed by atoms with Gasteiger partial charge < -0.3 is 14.4 Å². The number of nitrogens with zero attached hydrogens (tertiary/aromatic N) is 1. The summed E-state index contributed by atoms with van der Waals surface area (Å²) in [4.78, 5) is 13.9. The second kappa shape index (κ2) is 4.38. The van der Waals surface area contributed by atoms with Gasteiger partial charge in [-0.05, 0) is 50.9 Å². The van der Waals surface area contributed by atoms with Crippen LogP contribution in [0.2, 0.25) is 0 Å². The third-order valence-electron chi connectivity index (χ3n) is 6.30. The average Bonchev–Trinajstić information content (AvgIpc) is 3.32. The van der Waals surface area contributed by atoms with E-state index in [-0.39, 0.29) is 11.4 Å². The molecule has 1 aromatic carbocycles. The van der Waals surface area contributed by atoms with E-state index in [0.717, 1.165) is 30.9 Å². The third-order valence-corrected chi connectivity index (χ3v) is 6.30. The van der Waals surface area contributed by atoms with Crippen molar-refractivity contribution in [2.24, 2.45) is 5.92 Å². The molecule has 4 heteroatoms. The number of carbonyl (C=O) groups excluding carboxylic acids is 1. The van der Waals surface area contributed by atoms with Gasteiger partial charge in [0.05, 0.1) is 0 Å². The van der Waals surface area contributed by atoms with Gasteiger partial charge in [0.1, 0.15) is 0 Å². The van der Waals surface area contributed by atoms with E-state index in [1.807, 2.05) is 0 Å². The Morgan fingerprint density at radius 3 is 3.09 bits per heavy atom. The molecule has 0 radical (unpaired) electrons. The van der Waals surface area contributed by atoms with Crippen LogP contribution in [0.4, 0.5) is 0 Å². The van der Waals surface area contributed by atoms with Gasteiger partial charge in [-0.3, -0.25) is 4.79 Å². The Kier molecular flexibility index (Phi) is 2.59. The van der Waals surface area contributed by atoms with E-state index < -0.39 is 0 Å². The van der Waals surface area contributed by atoms with Crippen molar-refractivity contribution in [3.05, 3.63) is 29.3 Å². The molecule has 0 aromatic heterocycles. The molecule has 1 aromatic rings. The minimum Gasteiger partial charge on any atom is -0.445 e. The van der Waals surface area contributed by atoms with Crippen molar-refractivity contribution in [2.75, 3.05) is 13.6 Å². The minimum atomic E-state index is -0.280. The largest absolute Gasteiger partial charge is 0.445 e. The maximum absolute atomic E-state index is 11.4. The molecule has 1 saturated heterocycles. The SMILES string of the molecule is CC(=O)Oc1cc2c(c3c1O3)C[C@@H]1[C@@H]3C=CCC[C@]23CCN1C. The lowest BCUT2D eigenvalue weighted by Gasteiger charge is -2.56. The van der Waals surface area contributed by atoms with E-state index in [4.69, 9.17) is 9.47 Å². The number of esters is 1. The van der Waals surface area contributed by atoms with Crippen molar-refractivity contribution in [3.8, 4) is 17.2 Å². The Labute approximate surface area is 136 Å². The molecule has 4 nitrogen and oxygen atoms in total. The fraction of sp³-hybridized carbons (Fsp3) is 0.526. The van der Waals surface area contributed by atoms with E-state index in [1.165, 1.54) is 30.9 Å². The van der Waals surface area contributed by atoms with Crippen molar-refractivity contribution < 1.29 is 14.3 Å². The Morgan fingerprint density at radius 2 is 2.26 bits per heavy atom. The fourth-order valence-electron chi connectivity index (χ4n) is 5.20. The van der Waals surface area contributed by atoms with Crippen LogP contribution in [0.3, 0.4) is 0 Å². The molecule has 0 saturated carbocycles. The summed E-state index contributed by atoms with van der Waals surface area (Å²) >= 11 is 0. The number of ether oxygens (including phenoxy) is 2. The predicted molar refractivity (Wildman–Crippen MR) is 86.1 cm³/mol. The van der Waals surface area contributed by atoms with Crippen molar-refractivity contribution >= 4 is 5.97 Å². The number of piperidine rings is 1. The lowest BCUT2D eigenvalue weighted by Crippen LogP contribution is -2.58. The summed E-state index contributed by atoms with van der Waals surface area (Å²) in [5.74, 6) is 2.65. The van der Waals surface area contributed by atoms with E-state index in [1.54, 1.807) is 0 Å². The molecule has 2 aliphatic carbocycles. The summed E-state index contributed by atoms with van der Waals surface area (Å²) in [6.07, 6.45) is 9.30. The molecule has 0 N–H and O–H groups in total. The van der Waals surface area contributed by atoms with E-state index in [9.17, 15) is 4.79 Å². The number of likely N-dealkylation sites (N-methyl/N-ethyl adjacent to an activating group) is 1. The van der Waals surface area contributed by atoms with Crippen LogP contribution in [-0.4, -0.2) is 30.5 Å². The molecule has 3 atom stereocenters. The molecular formula is C19H21NO3. The van der Waals surface area contributed by atoms with Gasteiger partial charge in [0, 0.05) is 29.9 Å². The number of hydrogen-bond donors (Lipinski definition) is 0. The third kappa shape index (κ3) is 1.73. The van der Waals surface area contributed by atoms with Crippen molar-refractivity contribution in [2.45, 2.75) is 44.1 Å². The van der Waals surface area contributed by atoms with Crippen LogP contribution in [0.5, 0.6) is 17.2 Å². The highest BCUT2D eigenvalue weighted by Crippen LogP contribution is 2.63. The highest BCUT2D eigenvalue weighted by Gasteiger charge is 2.54. The fourth-order valence-corrected chi connectivity index (χ4v) is 5.20.